The molecule has 3 aromatic rings. The van der Waals surface area contributed by atoms with Crippen molar-refractivity contribution in [1.82, 2.24) is 14.8 Å². The number of anilines is 2. The fourth-order valence-electron chi connectivity index (χ4n) is 2.29. The molecule has 0 aliphatic carbocycles. The van der Waals surface area contributed by atoms with Crippen molar-refractivity contribution in [3.8, 4) is 0 Å². The van der Waals surface area contributed by atoms with Gasteiger partial charge in [-0.2, -0.15) is 0 Å². The van der Waals surface area contributed by atoms with E-state index in [4.69, 9.17) is 11.6 Å². The number of halogens is 1. The number of carbonyl (C=O) groups is 1. The minimum Gasteiger partial charge on any atom is -0.313 e. The van der Waals surface area contributed by atoms with Crippen LogP contribution in [0.15, 0.2) is 75.3 Å². The molecule has 0 fully saturated rings. The topological polar surface area (TPSA) is 144 Å². The molecular weight excluding hydrogens is 422 g/mol. The van der Waals surface area contributed by atoms with Crippen LogP contribution in [0.2, 0.25) is 5.02 Å². The number of sulfonamides is 1. The lowest BCUT2D eigenvalue weighted by atomic mass is 10.3. The Balaban J connectivity index is 1.99. The largest absolute Gasteiger partial charge is 0.341 e. The van der Waals surface area contributed by atoms with Gasteiger partial charge in [0.25, 0.3) is 15.6 Å². The predicted molar refractivity (Wildman–Crippen MR) is 107 cm³/mol. The molecule has 0 saturated carbocycles. The zero-order chi connectivity index (χ0) is 21.0. The third-order valence-corrected chi connectivity index (χ3v) is 5.12. The average molecular weight is 436 g/mol. The van der Waals surface area contributed by atoms with E-state index in [0.717, 1.165) is 6.20 Å². The van der Waals surface area contributed by atoms with Gasteiger partial charge in [0.2, 0.25) is 0 Å². The number of carbonyl (C=O) groups excluding carboxylic acids is 1. The number of nitrogens with one attached hydrogen (secondary N) is 4. The molecule has 0 unspecified atom stereocenters. The lowest BCUT2D eigenvalue weighted by molar-refractivity contribution is 0.256. The van der Waals surface area contributed by atoms with Crippen LogP contribution in [0.4, 0.5) is 16.2 Å². The summed E-state index contributed by atoms with van der Waals surface area (Å²) >= 11 is 5.95. The van der Waals surface area contributed by atoms with Crippen LogP contribution in [0.5, 0.6) is 0 Å². The van der Waals surface area contributed by atoms with E-state index >= 15 is 0 Å². The minimum absolute atomic E-state index is 0.0929. The number of H-pyrrole nitrogens is 2. The maximum Gasteiger partial charge on any atom is 0.341 e. The summed E-state index contributed by atoms with van der Waals surface area (Å²) in [6, 6.07) is 13.3. The second-order valence-electron chi connectivity index (χ2n) is 5.64. The molecule has 0 spiro atoms. The van der Waals surface area contributed by atoms with Gasteiger partial charge in [0.05, 0.1) is 5.69 Å². The van der Waals surface area contributed by atoms with Crippen molar-refractivity contribution in [2.45, 2.75) is 4.90 Å². The van der Waals surface area contributed by atoms with Crippen LogP contribution < -0.4 is 26.4 Å². The zero-order valence-electron chi connectivity index (χ0n) is 14.5. The number of aromatic amines is 2. The molecule has 1 heterocycles. The number of hydrazine groups is 1. The Labute approximate surface area is 169 Å². The van der Waals surface area contributed by atoms with E-state index in [1.807, 2.05) is 9.82 Å². The fourth-order valence-corrected chi connectivity index (χ4v) is 3.51. The predicted octanol–water partition coefficient (Wildman–Crippen LogP) is 1.65. The Morgan fingerprint density at radius 2 is 1.76 bits per heavy atom. The zero-order valence-corrected chi connectivity index (χ0v) is 16.1. The van der Waals surface area contributed by atoms with Gasteiger partial charge in [-0.15, -0.1) is 4.83 Å². The number of rotatable bonds is 5. The Bertz CT molecular complexity index is 1260. The molecule has 0 aliphatic rings. The van der Waals surface area contributed by atoms with Crippen LogP contribution >= 0.6 is 11.6 Å². The normalized spacial score (nSPS) is 11.1. The van der Waals surface area contributed by atoms with Gasteiger partial charge in [-0.3, -0.25) is 9.78 Å². The quantitative estimate of drug-likeness (QED) is 0.450. The summed E-state index contributed by atoms with van der Waals surface area (Å²) in [4.78, 5) is 40.9. The molecule has 12 heteroatoms. The molecule has 150 valence electrons. The second-order valence-corrected chi connectivity index (χ2v) is 7.71. The average Bonchev–Trinajstić information content (AvgIpc) is 2.66. The Morgan fingerprint density at radius 3 is 2.41 bits per heavy atom. The summed E-state index contributed by atoms with van der Waals surface area (Å²) in [7, 11) is -4.55. The summed E-state index contributed by atoms with van der Waals surface area (Å²) in [6.07, 6.45) is 0.731. The Hall–Kier alpha value is -3.41. The highest BCUT2D eigenvalue weighted by molar-refractivity contribution is 7.89. The number of urea groups is 1. The van der Waals surface area contributed by atoms with E-state index in [1.165, 1.54) is 18.2 Å². The lowest BCUT2D eigenvalue weighted by Gasteiger charge is -2.23. The number of hydrogen-bond donors (Lipinski definition) is 4. The first kappa shape index (κ1) is 20.3. The smallest absolute Gasteiger partial charge is 0.313 e. The van der Waals surface area contributed by atoms with E-state index in [9.17, 15) is 22.8 Å². The van der Waals surface area contributed by atoms with Gasteiger partial charge in [-0.1, -0.05) is 35.9 Å². The standard InChI is InChI=1S/C17H14ClN5O5S/c18-11-5-4-8-13(9-11)23(17(26)20-12-6-2-1-3-7-12)22-29(27,28)14-10-19-16(25)21-15(14)24/h1-10,22H,(H,20,26)(H2,19,21,24,25). The SMILES string of the molecule is O=C(Nc1ccccc1)N(NS(=O)(=O)c1c[nH]c(=O)[nH]c1=O)c1cccc(Cl)c1. The third kappa shape index (κ3) is 4.90. The Morgan fingerprint density at radius 1 is 1.03 bits per heavy atom. The number of benzene rings is 2. The third-order valence-electron chi connectivity index (χ3n) is 3.58. The van der Waals surface area contributed by atoms with Gasteiger partial charge in [0, 0.05) is 16.9 Å². The lowest BCUT2D eigenvalue weighted by Crippen LogP contribution is -2.49. The van der Waals surface area contributed by atoms with Crippen molar-refractivity contribution in [1.29, 1.82) is 0 Å². The molecule has 4 N–H and O–H groups in total. The summed E-state index contributed by atoms with van der Waals surface area (Å²) in [6.45, 7) is 0. The highest BCUT2D eigenvalue weighted by atomic mass is 35.5. The van der Waals surface area contributed by atoms with Crippen molar-refractivity contribution in [2.75, 3.05) is 10.3 Å². The summed E-state index contributed by atoms with van der Waals surface area (Å²) in [5.41, 5.74) is -1.51. The summed E-state index contributed by atoms with van der Waals surface area (Å²) in [5.74, 6) is 0. The van der Waals surface area contributed by atoms with Gasteiger partial charge in [-0.05, 0) is 30.3 Å². The van der Waals surface area contributed by atoms with E-state index < -0.39 is 32.2 Å². The van der Waals surface area contributed by atoms with E-state index in [1.54, 1.807) is 36.4 Å². The molecule has 0 radical (unpaired) electrons. The first-order valence-electron chi connectivity index (χ1n) is 8.02. The van der Waals surface area contributed by atoms with Crippen molar-refractivity contribution in [3.05, 3.63) is 86.7 Å². The molecule has 3 rings (SSSR count). The number of para-hydroxylation sites is 1. The minimum atomic E-state index is -4.55. The first-order valence-corrected chi connectivity index (χ1v) is 9.88. The molecular formula is C17H14ClN5O5S. The molecule has 0 aliphatic heterocycles. The molecule has 0 saturated heterocycles. The van der Waals surface area contributed by atoms with Crippen LogP contribution in [0.1, 0.15) is 0 Å². The summed E-state index contributed by atoms with van der Waals surface area (Å²) in [5, 5.41) is 3.46. The van der Waals surface area contributed by atoms with Gasteiger partial charge in [0.1, 0.15) is 0 Å². The number of aromatic nitrogens is 2. The fraction of sp³-hybridized carbons (Fsp3) is 0. The van der Waals surface area contributed by atoms with Crippen LogP contribution in [0.3, 0.4) is 0 Å². The molecule has 2 aromatic carbocycles. The van der Waals surface area contributed by atoms with E-state index in [2.05, 4.69) is 10.3 Å². The molecule has 0 atom stereocenters. The van der Waals surface area contributed by atoms with Crippen LogP contribution in [0.25, 0.3) is 0 Å². The van der Waals surface area contributed by atoms with Crippen molar-refractivity contribution < 1.29 is 13.2 Å². The molecule has 1 aromatic heterocycles. The van der Waals surface area contributed by atoms with E-state index in [0.29, 0.717) is 10.7 Å². The number of amides is 2. The highest BCUT2D eigenvalue weighted by Crippen LogP contribution is 2.20. The number of nitrogens with zero attached hydrogens (tertiary/aromatic N) is 1. The van der Waals surface area contributed by atoms with Crippen LogP contribution in [-0.4, -0.2) is 24.4 Å². The number of hydrogen-bond acceptors (Lipinski definition) is 5. The van der Waals surface area contributed by atoms with Crippen LogP contribution in [-0.2, 0) is 10.0 Å². The maximum absolute atomic E-state index is 12.8. The van der Waals surface area contributed by atoms with Gasteiger partial charge >= 0.3 is 11.7 Å². The van der Waals surface area contributed by atoms with Crippen molar-refractivity contribution in [2.24, 2.45) is 0 Å². The van der Waals surface area contributed by atoms with Crippen molar-refractivity contribution in [3.63, 3.8) is 0 Å². The summed E-state index contributed by atoms with van der Waals surface area (Å²) < 4.78 is 25.4. The van der Waals surface area contributed by atoms with Crippen molar-refractivity contribution >= 4 is 39.0 Å². The van der Waals surface area contributed by atoms with Gasteiger partial charge in [-0.25, -0.2) is 23.0 Å². The second kappa shape index (κ2) is 8.31. The van der Waals surface area contributed by atoms with Crippen LogP contribution in [0, 0.1) is 0 Å². The maximum atomic E-state index is 12.8. The highest BCUT2D eigenvalue weighted by Gasteiger charge is 2.26. The Kier molecular flexibility index (Phi) is 5.82. The van der Waals surface area contributed by atoms with Gasteiger partial charge < -0.3 is 10.3 Å². The van der Waals surface area contributed by atoms with Gasteiger partial charge in [0.15, 0.2) is 4.90 Å². The monoisotopic (exact) mass is 435 g/mol. The van der Waals surface area contributed by atoms with E-state index in [-0.39, 0.29) is 10.7 Å². The first-order chi connectivity index (χ1) is 13.8. The molecule has 10 nitrogen and oxygen atoms in total. The molecule has 29 heavy (non-hydrogen) atoms. The molecule has 0 bridgehead atoms. The molecule has 2 amide bonds.